The summed E-state index contributed by atoms with van der Waals surface area (Å²) in [6.45, 7) is 11.3. The Morgan fingerprint density at radius 2 is 1.43 bits per heavy atom. The summed E-state index contributed by atoms with van der Waals surface area (Å²) in [6, 6.07) is 3.15. The van der Waals surface area contributed by atoms with Crippen LogP contribution < -0.4 is 15.2 Å². The van der Waals surface area contributed by atoms with Crippen molar-refractivity contribution in [1.82, 2.24) is 0 Å². The maximum Gasteiger partial charge on any atom is 0.508 e. The predicted molar refractivity (Wildman–Crippen MR) is 150 cm³/mol. The fourth-order valence-electron chi connectivity index (χ4n) is 4.21. The summed E-state index contributed by atoms with van der Waals surface area (Å²) in [4.78, 5) is 49.4. The standard InChI is InChI=1S/C30H47NO9/c1-7-10-11-16-37-30(36)38-21(6)17-23(26(31)27(32)33)22-14-15-24(39-28(34)19(4)12-8-2)25(18-22)40-29(35)20(5)13-9-3/h14-15,18-21,23,26H,7-13,16-17,31H2,1-6H3,(H,32,33)/t19?,20?,21?,23?,26-/m0/s1. The molecule has 1 aromatic rings. The second-order valence-corrected chi connectivity index (χ2v) is 10.4. The first-order valence-electron chi connectivity index (χ1n) is 14.3. The number of esters is 2. The van der Waals surface area contributed by atoms with Crippen LogP contribution in [0.5, 0.6) is 11.5 Å². The minimum Gasteiger partial charge on any atom is -0.480 e. The number of carboxylic acids is 1. The number of carbonyl (C=O) groups is 4. The molecule has 10 heteroatoms. The fourth-order valence-corrected chi connectivity index (χ4v) is 4.21. The largest absolute Gasteiger partial charge is 0.508 e. The molecule has 0 fully saturated rings. The number of unbranched alkanes of at least 4 members (excludes halogenated alkanes) is 2. The van der Waals surface area contributed by atoms with Crippen molar-refractivity contribution in [2.45, 2.75) is 111 Å². The van der Waals surface area contributed by atoms with Gasteiger partial charge in [-0.05, 0) is 50.3 Å². The van der Waals surface area contributed by atoms with Gasteiger partial charge in [0.2, 0.25) is 0 Å². The second-order valence-electron chi connectivity index (χ2n) is 10.4. The molecule has 0 bridgehead atoms. The first-order chi connectivity index (χ1) is 18.9. The molecule has 0 saturated heterocycles. The lowest BCUT2D eigenvalue weighted by atomic mass is 9.87. The number of carbonyl (C=O) groups excluding carboxylic acids is 3. The molecule has 3 N–H and O–H groups in total. The van der Waals surface area contributed by atoms with Gasteiger partial charge in [-0.2, -0.15) is 0 Å². The van der Waals surface area contributed by atoms with E-state index in [4.69, 9.17) is 24.7 Å². The highest BCUT2D eigenvalue weighted by Crippen LogP contribution is 2.35. The molecule has 10 nitrogen and oxygen atoms in total. The maximum atomic E-state index is 12.8. The number of nitrogens with two attached hydrogens (primary N) is 1. The van der Waals surface area contributed by atoms with Crippen LogP contribution in [0.4, 0.5) is 4.79 Å². The number of hydrogen-bond acceptors (Lipinski definition) is 9. The van der Waals surface area contributed by atoms with Crippen molar-refractivity contribution in [3.05, 3.63) is 23.8 Å². The van der Waals surface area contributed by atoms with E-state index in [9.17, 15) is 24.3 Å². The Bertz CT molecular complexity index is 964. The highest BCUT2D eigenvalue weighted by atomic mass is 16.7. The molecule has 0 heterocycles. The van der Waals surface area contributed by atoms with E-state index in [1.807, 2.05) is 20.8 Å². The molecule has 0 radical (unpaired) electrons. The van der Waals surface area contributed by atoms with Crippen molar-refractivity contribution >= 4 is 24.1 Å². The first-order valence-corrected chi connectivity index (χ1v) is 14.3. The summed E-state index contributed by atoms with van der Waals surface area (Å²) >= 11 is 0. The van der Waals surface area contributed by atoms with Crippen molar-refractivity contribution in [3.8, 4) is 11.5 Å². The molecule has 0 aromatic heterocycles. The van der Waals surface area contributed by atoms with Crippen LogP contribution in [0, 0.1) is 11.8 Å². The zero-order chi connectivity index (χ0) is 30.2. The van der Waals surface area contributed by atoms with Crippen LogP contribution >= 0.6 is 0 Å². The van der Waals surface area contributed by atoms with Crippen LogP contribution in [0.25, 0.3) is 0 Å². The van der Waals surface area contributed by atoms with E-state index in [-0.39, 0.29) is 30.4 Å². The van der Waals surface area contributed by atoms with Gasteiger partial charge in [-0.25, -0.2) is 4.79 Å². The topological polar surface area (TPSA) is 151 Å². The van der Waals surface area contributed by atoms with Crippen LogP contribution in [0.2, 0.25) is 0 Å². The molecule has 40 heavy (non-hydrogen) atoms. The minimum absolute atomic E-state index is 0.00556. The highest BCUT2D eigenvalue weighted by Gasteiger charge is 2.31. The molecule has 0 aliphatic rings. The van der Waals surface area contributed by atoms with Gasteiger partial charge in [0.25, 0.3) is 0 Å². The van der Waals surface area contributed by atoms with Crippen molar-refractivity contribution in [2.75, 3.05) is 6.61 Å². The van der Waals surface area contributed by atoms with Gasteiger partial charge in [-0.3, -0.25) is 14.4 Å². The average Bonchev–Trinajstić information content (AvgIpc) is 2.90. The van der Waals surface area contributed by atoms with E-state index in [0.717, 1.165) is 32.1 Å². The number of hydrogen-bond donors (Lipinski definition) is 2. The summed E-state index contributed by atoms with van der Waals surface area (Å²) in [5.74, 6) is -3.75. The van der Waals surface area contributed by atoms with E-state index in [1.54, 1.807) is 26.8 Å². The SMILES string of the molecule is CCCCCOC(=O)OC(C)CC(c1ccc(OC(=O)C(C)CCC)c(OC(=O)C(C)CCC)c1)[C@H](N)C(=O)O. The number of benzene rings is 1. The van der Waals surface area contributed by atoms with Crippen molar-refractivity contribution in [2.24, 2.45) is 17.6 Å². The predicted octanol–water partition coefficient (Wildman–Crippen LogP) is 5.99. The van der Waals surface area contributed by atoms with E-state index >= 15 is 0 Å². The van der Waals surface area contributed by atoms with Crippen LogP contribution in [-0.2, 0) is 23.9 Å². The zero-order valence-corrected chi connectivity index (χ0v) is 24.8. The van der Waals surface area contributed by atoms with Gasteiger partial charge in [-0.15, -0.1) is 0 Å². The molecule has 226 valence electrons. The smallest absolute Gasteiger partial charge is 0.480 e. The van der Waals surface area contributed by atoms with Crippen molar-refractivity contribution in [3.63, 3.8) is 0 Å². The number of carboxylic acid groups (broad SMARTS) is 1. The Kier molecular flexibility index (Phi) is 15.9. The maximum absolute atomic E-state index is 12.8. The van der Waals surface area contributed by atoms with Gasteiger partial charge in [-0.1, -0.05) is 66.4 Å². The van der Waals surface area contributed by atoms with E-state index in [2.05, 4.69) is 0 Å². The van der Waals surface area contributed by atoms with E-state index in [0.29, 0.717) is 18.4 Å². The highest BCUT2D eigenvalue weighted by molar-refractivity contribution is 5.79. The molecule has 4 unspecified atom stereocenters. The molecular weight excluding hydrogens is 518 g/mol. The van der Waals surface area contributed by atoms with Crippen LogP contribution in [0.1, 0.15) is 104 Å². The molecule has 0 aliphatic carbocycles. The summed E-state index contributed by atoms with van der Waals surface area (Å²) in [7, 11) is 0. The fraction of sp³-hybridized carbons (Fsp3) is 0.667. The summed E-state index contributed by atoms with van der Waals surface area (Å²) in [5.41, 5.74) is 6.48. The molecule has 0 amide bonds. The zero-order valence-electron chi connectivity index (χ0n) is 24.8. The van der Waals surface area contributed by atoms with Gasteiger partial charge in [0.05, 0.1) is 18.4 Å². The van der Waals surface area contributed by atoms with Crippen LogP contribution in [0.3, 0.4) is 0 Å². The Balaban J connectivity index is 3.28. The molecule has 0 spiro atoms. The summed E-state index contributed by atoms with van der Waals surface area (Å²) < 4.78 is 21.7. The molecule has 0 saturated carbocycles. The third-order valence-corrected chi connectivity index (χ3v) is 6.63. The van der Waals surface area contributed by atoms with Gasteiger partial charge < -0.3 is 29.8 Å². The Morgan fingerprint density at radius 3 is 1.95 bits per heavy atom. The summed E-state index contributed by atoms with van der Waals surface area (Å²) in [5, 5.41) is 9.69. The van der Waals surface area contributed by atoms with Gasteiger partial charge in [0.1, 0.15) is 12.1 Å². The van der Waals surface area contributed by atoms with Gasteiger partial charge >= 0.3 is 24.1 Å². The number of aliphatic carboxylic acids is 1. The van der Waals surface area contributed by atoms with E-state index < -0.39 is 48.0 Å². The number of ether oxygens (including phenoxy) is 4. The van der Waals surface area contributed by atoms with Crippen molar-refractivity contribution < 1.29 is 43.2 Å². The molecule has 1 rings (SSSR count). The summed E-state index contributed by atoms with van der Waals surface area (Å²) in [6.07, 6.45) is 3.94. The first kappa shape index (κ1) is 34.9. The molecule has 0 aliphatic heterocycles. The normalized spacial score (nSPS) is 14.8. The monoisotopic (exact) mass is 565 g/mol. The molecular formula is C30H47NO9. The Morgan fingerprint density at radius 1 is 0.850 bits per heavy atom. The second kappa shape index (κ2) is 18.3. The van der Waals surface area contributed by atoms with E-state index in [1.165, 1.54) is 12.1 Å². The third kappa shape index (κ3) is 11.9. The van der Waals surface area contributed by atoms with Gasteiger partial charge in [0, 0.05) is 5.92 Å². The minimum atomic E-state index is -1.35. The Labute approximate surface area is 237 Å². The average molecular weight is 566 g/mol. The lowest BCUT2D eigenvalue weighted by Gasteiger charge is -2.25. The lowest BCUT2D eigenvalue weighted by Crippen LogP contribution is -2.38. The van der Waals surface area contributed by atoms with Crippen LogP contribution in [0.15, 0.2) is 18.2 Å². The number of rotatable bonds is 18. The quantitative estimate of drug-likeness (QED) is 0.123. The third-order valence-electron chi connectivity index (χ3n) is 6.63. The van der Waals surface area contributed by atoms with Crippen molar-refractivity contribution in [1.29, 1.82) is 0 Å². The van der Waals surface area contributed by atoms with Crippen LogP contribution in [-0.4, -0.2) is 47.9 Å². The molecule has 1 aromatic carbocycles. The van der Waals surface area contributed by atoms with Gasteiger partial charge in [0.15, 0.2) is 11.5 Å². The molecule has 5 atom stereocenters. The Hall–Kier alpha value is -3.14. The lowest BCUT2D eigenvalue weighted by molar-refractivity contribution is -0.141.